The first-order valence-electron chi connectivity index (χ1n) is 6.63. The molecule has 1 N–H and O–H groups in total. The molecule has 1 atom stereocenters. The SMILES string of the molecule is O=C(OCc1ccccc1Cl)C1CNc2ccccc2O1. The van der Waals surface area contributed by atoms with Crippen LogP contribution in [0.5, 0.6) is 5.75 Å². The van der Waals surface area contributed by atoms with Gasteiger partial charge in [-0.15, -0.1) is 0 Å². The summed E-state index contributed by atoms with van der Waals surface area (Å²) in [6.45, 7) is 0.526. The highest BCUT2D eigenvalue weighted by Gasteiger charge is 2.27. The molecule has 0 saturated heterocycles. The maximum absolute atomic E-state index is 12.1. The van der Waals surface area contributed by atoms with Crippen LogP contribution < -0.4 is 10.1 Å². The third-order valence-electron chi connectivity index (χ3n) is 3.22. The lowest BCUT2D eigenvalue weighted by molar-refractivity contribution is -0.152. The minimum Gasteiger partial charge on any atom is -0.475 e. The molecule has 0 aromatic heterocycles. The fourth-order valence-electron chi connectivity index (χ4n) is 2.10. The van der Waals surface area contributed by atoms with Crippen LogP contribution in [0, 0.1) is 0 Å². The van der Waals surface area contributed by atoms with Crippen molar-refractivity contribution in [1.82, 2.24) is 0 Å². The van der Waals surface area contributed by atoms with E-state index in [4.69, 9.17) is 21.1 Å². The summed E-state index contributed by atoms with van der Waals surface area (Å²) in [5, 5.41) is 3.73. The fourth-order valence-corrected chi connectivity index (χ4v) is 2.29. The maximum atomic E-state index is 12.1. The van der Waals surface area contributed by atoms with Gasteiger partial charge in [-0.05, 0) is 18.2 Å². The molecule has 2 aromatic carbocycles. The summed E-state index contributed by atoms with van der Waals surface area (Å²) in [7, 11) is 0. The number of esters is 1. The van der Waals surface area contributed by atoms with E-state index in [0.717, 1.165) is 11.3 Å². The molecule has 1 aliphatic heterocycles. The van der Waals surface area contributed by atoms with Crippen LogP contribution in [0.4, 0.5) is 5.69 Å². The molecule has 5 heteroatoms. The summed E-state index contributed by atoms with van der Waals surface area (Å²) < 4.78 is 10.9. The predicted octanol–water partition coefficient (Wildman–Crippen LogP) is 3.26. The zero-order valence-corrected chi connectivity index (χ0v) is 12.0. The molecule has 2 aromatic rings. The van der Waals surface area contributed by atoms with Crippen LogP contribution in [0.25, 0.3) is 0 Å². The van der Waals surface area contributed by atoms with Gasteiger partial charge in [0, 0.05) is 10.6 Å². The summed E-state index contributed by atoms with van der Waals surface area (Å²) in [6, 6.07) is 14.8. The van der Waals surface area contributed by atoms with Gasteiger partial charge in [-0.1, -0.05) is 41.9 Å². The number of para-hydroxylation sites is 2. The van der Waals surface area contributed by atoms with E-state index in [1.807, 2.05) is 42.5 Å². The molecule has 108 valence electrons. The highest BCUT2D eigenvalue weighted by atomic mass is 35.5. The molecule has 0 radical (unpaired) electrons. The first-order valence-corrected chi connectivity index (χ1v) is 7.01. The van der Waals surface area contributed by atoms with Gasteiger partial charge < -0.3 is 14.8 Å². The Morgan fingerprint density at radius 3 is 2.86 bits per heavy atom. The number of benzene rings is 2. The number of hydrogen-bond acceptors (Lipinski definition) is 4. The van der Waals surface area contributed by atoms with Crippen LogP contribution in [0.3, 0.4) is 0 Å². The molecule has 0 bridgehead atoms. The summed E-state index contributed by atoms with van der Waals surface area (Å²) in [6.07, 6.45) is -0.651. The molecule has 0 aliphatic carbocycles. The molecule has 4 nitrogen and oxygen atoms in total. The molecule has 1 aliphatic rings. The first kappa shape index (κ1) is 13.8. The average molecular weight is 304 g/mol. The van der Waals surface area contributed by atoms with E-state index in [1.165, 1.54) is 0 Å². The number of fused-ring (bicyclic) bond motifs is 1. The van der Waals surface area contributed by atoms with Gasteiger partial charge >= 0.3 is 5.97 Å². The van der Waals surface area contributed by atoms with Gasteiger partial charge in [-0.25, -0.2) is 4.79 Å². The molecule has 1 heterocycles. The number of carbonyl (C=O) groups excluding carboxylic acids is 1. The Morgan fingerprint density at radius 1 is 1.24 bits per heavy atom. The van der Waals surface area contributed by atoms with E-state index >= 15 is 0 Å². The van der Waals surface area contributed by atoms with Crippen molar-refractivity contribution in [3.05, 3.63) is 59.1 Å². The second-order valence-corrected chi connectivity index (χ2v) is 5.09. The normalized spacial score (nSPS) is 16.3. The van der Waals surface area contributed by atoms with Gasteiger partial charge in [0.05, 0.1) is 12.2 Å². The van der Waals surface area contributed by atoms with Crippen molar-refractivity contribution in [3.63, 3.8) is 0 Å². The molecule has 0 amide bonds. The lowest BCUT2D eigenvalue weighted by atomic mass is 10.2. The van der Waals surface area contributed by atoms with Crippen molar-refractivity contribution in [2.24, 2.45) is 0 Å². The van der Waals surface area contributed by atoms with Gasteiger partial charge in [0.2, 0.25) is 6.10 Å². The number of anilines is 1. The molecule has 1 unspecified atom stereocenters. The Hall–Kier alpha value is -2.20. The summed E-state index contributed by atoms with van der Waals surface area (Å²) in [5.74, 6) is 0.250. The number of ether oxygens (including phenoxy) is 2. The number of hydrogen-bond donors (Lipinski definition) is 1. The zero-order valence-electron chi connectivity index (χ0n) is 11.2. The van der Waals surface area contributed by atoms with Crippen LogP contribution in [0.2, 0.25) is 5.02 Å². The quantitative estimate of drug-likeness (QED) is 0.884. The molecular weight excluding hydrogens is 290 g/mol. The monoisotopic (exact) mass is 303 g/mol. The van der Waals surface area contributed by atoms with Gasteiger partial charge in [0.15, 0.2) is 0 Å². The lowest BCUT2D eigenvalue weighted by Gasteiger charge is -2.25. The van der Waals surface area contributed by atoms with Crippen molar-refractivity contribution >= 4 is 23.3 Å². The lowest BCUT2D eigenvalue weighted by Crippen LogP contribution is -2.38. The smallest absolute Gasteiger partial charge is 0.349 e. The fraction of sp³-hybridized carbons (Fsp3) is 0.188. The molecule has 21 heavy (non-hydrogen) atoms. The van der Waals surface area contributed by atoms with E-state index in [1.54, 1.807) is 6.07 Å². The summed E-state index contributed by atoms with van der Waals surface area (Å²) in [4.78, 5) is 12.1. The van der Waals surface area contributed by atoms with Gasteiger partial charge in [-0.2, -0.15) is 0 Å². The molecular formula is C16H14ClNO3. The van der Waals surface area contributed by atoms with Crippen LogP contribution in [0.1, 0.15) is 5.56 Å². The predicted molar refractivity (Wildman–Crippen MR) is 80.6 cm³/mol. The summed E-state index contributed by atoms with van der Waals surface area (Å²) >= 11 is 6.03. The van der Waals surface area contributed by atoms with Crippen LogP contribution in [-0.2, 0) is 16.1 Å². The van der Waals surface area contributed by atoms with Gasteiger partial charge in [-0.3, -0.25) is 0 Å². The molecule has 3 rings (SSSR count). The second kappa shape index (κ2) is 6.06. The van der Waals surface area contributed by atoms with Gasteiger partial charge in [0.25, 0.3) is 0 Å². The minimum atomic E-state index is -0.651. The third-order valence-corrected chi connectivity index (χ3v) is 3.59. The van der Waals surface area contributed by atoms with Crippen molar-refractivity contribution in [2.45, 2.75) is 12.7 Å². The van der Waals surface area contributed by atoms with Crippen molar-refractivity contribution in [3.8, 4) is 5.75 Å². The Bertz CT molecular complexity index is 659. The summed E-state index contributed by atoms with van der Waals surface area (Å²) in [5.41, 5.74) is 1.66. The largest absolute Gasteiger partial charge is 0.475 e. The first-order chi connectivity index (χ1) is 10.2. The Labute approximate surface area is 127 Å². The van der Waals surface area contributed by atoms with E-state index in [0.29, 0.717) is 17.3 Å². The van der Waals surface area contributed by atoms with Gasteiger partial charge in [0.1, 0.15) is 12.4 Å². The average Bonchev–Trinajstić information content (AvgIpc) is 2.53. The number of rotatable bonds is 3. The topological polar surface area (TPSA) is 47.6 Å². The zero-order chi connectivity index (χ0) is 14.7. The number of nitrogens with one attached hydrogen (secondary N) is 1. The second-order valence-electron chi connectivity index (χ2n) is 4.68. The maximum Gasteiger partial charge on any atom is 0.349 e. The highest BCUT2D eigenvalue weighted by Crippen LogP contribution is 2.28. The van der Waals surface area contributed by atoms with Crippen LogP contribution in [-0.4, -0.2) is 18.6 Å². The third kappa shape index (κ3) is 3.11. The Kier molecular flexibility index (Phi) is 3.97. The van der Waals surface area contributed by atoms with E-state index in [9.17, 15) is 4.79 Å². The van der Waals surface area contributed by atoms with E-state index < -0.39 is 12.1 Å². The van der Waals surface area contributed by atoms with Crippen molar-refractivity contribution in [1.29, 1.82) is 0 Å². The van der Waals surface area contributed by atoms with Crippen LogP contribution >= 0.6 is 11.6 Å². The van der Waals surface area contributed by atoms with Crippen LogP contribution in [0.15, 0.2) is 48.5 Å². The molecule has 0 fully saturated rings. The Morgan fingerprint density at radius 2 is 2.00 bits per heavy atom. The minimum absolute atomic E-state index is 0.139. The standard InChI is InChI=1S/C16H14ClNO3/c17-12-6-2-1-5-11(12)10-20-16(19)15-9-18-13-7-3-4-8-14(13)21-15/h1-8,15,18H,9-10H2. The van der Waals surface area contributed by atoms with E-state index in [-0.39, 0.29) is 6.61 Å². The van der Waals surface area contributed by atoms with Crippen molar-refractivity contribution < 1.29 is 14.3 Å². The highest BCUT2D eigenvalue weighted by molar-refractivity contribution is 6.31. The number of halogens is 1. The molecule has 0 spiro atoms. The molecule has 0 saturated carbocycles. The number of carbonyl (C=O) groups is 1. The van der Waals surface area contributed by atoms with E-state index in [2.05, 4.69) is 5.32 Å². The Balaban J connectivity index is 1.61. The van der Waals surface area contributed by atoms with Crippen molar-refractivity contribution in [2.75, 3.05) is 11.9 Å².